The van der Waals surface area contributed by atoms with E-state index in [1.54, 1.807) is 33.1 Å². The van der Waals surface area contributed by atoms with E-state index in [0.717, 1.165) is 11.3 Å². The Morgan fingerprint density at radius 1 is 1.30 bits per heavy atom. The smallest absolute Gasteiger partial charge is 0.307 e. The average Bonchev–Trinajstić information content (AvgIpc) is 2.95. The molecule has 0 aliphatic carbocycles. The molecule has 1 heterocycles. The van der Waals surface area contributed by atoms with Gasteiger partial charge in [-0.1, -0.05) is 19.0 Å². The van der Waals surface area contributed by atoms with Crippen LogP contribution in [0.15, 0.2) is 28.8 Å². The summed E-state index contributed by atoms with van der Waals surface area (Å²) in [6.45, 7) is 3.37. The van der Waals surface area contributed by atoms with Crippen molar-refractivity contribution in [1.82, 2.24) is 10.1 Å². The van der Waals surface area contributed by atoms with Crippen LogP contribution in [0.1, 0.15) is 25.7 Å². The second-order valence-electron chi connectivity index (χ2n) is 4.60. The fourth-order valence-corrected chi connectivity index (χ4v) is 1.71. The number of hydrogen-bond acceptors (Lipinski definition) is 5. The second kappa shape index (κ2) is 5.73. The predicted octanol–water partition coefficient (Wildman–Crippen LogP) is 2.57. The molecule has 106 valence electrons. The Bertz CT molecular complexity index is 591. The summed E-state index contributed by atoms with van der Waals surface area (Å²) >= 11 is 0. The number of carboxylic acids is 1. The molecule has 1 aromatic carbocycles. The maximum absolute atomic E-state index is 11.0. The molecular formula is C14H16N2O4. The minimum atomic E-state index is -0.887. The summed E-state index contributed by atoms with van der Waals surface area (Å²) in [4.78, 5) is 15.2. The van der Waals surface area contributed by atoms with Gasteiger partial charge in [0.25, 0.3) is 0 Å². The Kier molecular flexibility index (Phi) is 4.02. The standard InChI is InChI=1S/C14H16N2O4/c1-8(9(2)14(17)18)13-15-12(16-20-13)10-4-6-11(19-3)7-5-10/h4-9H,1-3H3,(H,17,18). The summed E-state index contributed by atoms with van der Waals surface area (Å²) in [6, 6.07) is 7.24. The van der Waals surface area contributed by atoms with Crippen LogP contribution >= 0.6 is 0 Å². The lowest BCUT2D eigenvalue weighted by molar-refractivity contribution is -0.141. The Balaban J connectivity index is 2.21. The van der Waals surface area contributed by atoms with Gasteiger partial charge in [0.2, 0.25) is 11.7 Å². The largest absolute Gasteiger partial charge is 0.497 e. The van der Waals surface area contributed by atoms with Gasteiger partial charge in [0.1, 0.15) is 5.75 Å². The number of ether oxygens (including phenoxy) is 1. The minimum Gasteiger partial charge on any atom is -0.497 e. The van der Waals surface area contributed by atoms with Crippen LogP contribution in [-0.4, -0.2) is 28.3 Å². The third-order valence-electron chi connectivity index (χ3n) is 3.32. The Morgan fingerprint density at radius 2 is 1.95 bits per heavy atom. The highest BCUT2D eigenvalue weighted by atomic mass is 16.5. The lowest BCUT2D eigenvalue weighted by Crippen LogP contribution is -2.16. The van der Waals surface area contributed by atoms with Gasteiger partial charge >= 0.3 is 5.97 Å². The molecule has 0 saturated heterocycles. The van der Waals surface area contributed by atoms with Crippen LogP contribution in [0.3, 0.4) is 0 Å². The highest BCUT2D eigenvalue weighted by Crippen LogP contribution is 2.26. The van der Waals surface area contributed by atoms with Gasteiger partial charge in [-0.3, -0.25) is 4.79 Å². The van der Waals surface area contributed by atoms with E-state index in [0.29, 0.717) is 11.7 Å². The molecule has 0 bridgehead atoms. The first-order valence-corrected chi connectivity index (χ1v) is 6.23. The van der Waals surface area contributed by atoms with Crippen LogP contribution < -0.4 is 4.74 Å². The Morgan fingerprint density at radius 3 is 2.50 bits per heavy atom. The van der Waals surface area contributed by atoms with E-state index in [4.69, 9.17) is 14.4 Å². The van der Waals surface area contributed by atoms with Crippen molar-refractivity contribution in [2.45, 2.75) is 19.8 Å². The summed E-state index contributed by atoms with van der Waals surface area (Å²) in [5.41, 5.74) is 0.788. The first-order valence-electron chi connectivity index (χ1n) is 6.23. The molecule has 2 atom stereocenters. The highest BCUT2D eigenvalue weighted by molar-refractivity contribution is 5.70. The number of benzene rings is 1. The molecule has 1 N–H and O–H groups in total. The predicted molar refractivity (Wildman–Crippen MR) is 71.5 cm³/mol. The van der Waals surface area contributed by atoms with E-state index in [2.05, 4.69) is 10.1 Å². The maximum atomic E-state index is 11.0. The number of nitrogens with zero attached hydrogens (tertiary/aromatic N) is 2. The summed E-state index contributed by atoms with van der Waals surface area (Å²) in [6.07, 6.45) is 0. The number of carboxylic acid groups (broad SMARTS) is 1. The van der Waals surface area contributed by atoms with Crippen LogP contribution in [-0.2, 0) is 4.79 Å². The van der Waals surface area contributed by atoms with Gasteiger partial charge in [-0.05, 0) is 24.3 Å². The molecular weight excluding hydrogens is 260 g/mol. The van der Waals surface area contributed by atoms with Gasteiger partial charge in [-0.15, -0.1) is 0 Å². The molecule has 2 aromatic rings. The van der Waals surface area contributed by atoms with E-state index < -0.39 is 11.9 Å². The van der Waals surface area contributed by atoms with Gasteiger partial charge < -0.3 is 14.4 Å². The van der Waals surface area contributed by atoms with Gasteiger partial charge in [-0.25, -0.2) is 0 Å². The minimum absolute atomic E-state index is 0.325. The molecule has 0 saturated carbocycles. The highest BCUT2D eigenvalue weighted by Gasteiger charge is 2.26. The monoisotopic (exact) mass is 276 g/mol. The fraction of sp³-hybridized carbons (Fsp3) is 0.357. The molecule has 0 amide bonds. The van der Waals surface area contributed by atoms with Crippen molar-refractivity contribution < 1.29 is 19.2 Å². The van der Waals surface area contributed by atoms with Gasteiger partial charge in [0.05, 0.1) is 13.0 Å². The molecule has 2 unspecified atom stereocenters. The molecule has 0 aliphatic rings. The van der Waals surface area contributed by atoms with Crippen molar-refractivity contribution in [2.24, 2.45) is 5.92 Å². The van der Waals surface area contributed by atoms with Crippen molar-refractivity contribution in [3.63, 3.8) is 0 Å². The zero-order valence-electron chi connectivity index (χ0n) is 11.5. The molecule has 0 aliphatic heterocycles. The van der Waals surface area contributed by atoms with Crippen LogP contribution in [0, 0.1) is 5.92 Å². The molecule has 0 fully saturated rings. The van der Waals surface area contributed by atoms with E-state index in [-0.39, 0.29) is 5.92 Å². The van der Waals surface area contributed by atoms with Crippen molar-refractivity contribution in [3.8, 4) is 17.1 Å². The number of rotatable bonds is 5. The third-order valence-corrected chi connectivity index (χ3v) is 3.32. The lowest BCUT2D eigenvalue weighted by Gasteiger charge is -2.10. The summed E-state index contributed by atoms with van der Waals surface area (Å²) in [5, 5.41) is 12.9. The zero-order chi connectivity index (χ0) is 14.7. The first-order chi connectivity index (χ1) is 9.52. The van der Waals surface area contributed by atoms with E-state index in [9.17, 15) is 4.79 Å². The molecule has 2 rings (SSSR count). The quantitative estimate of drug-likeness (QED) is 0.903. The van der Waals surface area contributed by atoms with E-state index in [1.807, 2.05) is 12.1 Å². The number of aliphatic carboxylic acids is 1. The fourth-order valence-electron chi connectivity index (χ4n) is 1.71. The van der Waals surface area contributed by atoms with Crippen molar-refractivity contribution in [3.05, 3.63) is 30.2 Å². The SMILES string of the molecule is COc1ccc(-c2noc(C(C)C(C)C(=O)O)n2)cc1. The van der Waals surface area contributed by atoms with Crippen LogP contribution in [0.25, 0.3) is 11.4 Å². The first kappa shape index (κ1) is 14.0. The number of aromatic nitrogens is 2. The summed E-state index contributed by atoms with van der Waals surface area (Å²) in [5.74, 6) is -0.309. The number of hydrogen-bond donors (Lipinski definition) is 1. The molecule has 1 aromatic heterocycles. The van der Waals surface area contributed by atoms with Crippen molar-refractivity contribution >= 4 is 5.97 Å². The topological polar surface area (TPSA) is 85.5 Å². The summed E-state index contributed by atoms with van der Waals surface area (Å²) < 4.78 is 10.2. The van der Waals surface area contributed by atoms with E-state index in [1.165, 1.54) is 0 Å². The van der Waals surface area contributed by atoms with E-state index >= 15 is 0 Å². The van der Waals surface area contributed by atoms with Crippen LogP contribution in [0.5, 0.6) is 5.75 Å². The Labute approximate surface area is 116 Å². The summed E-state index contributed by atoms with van der Waals surface area (Å²) in [7, 11) is 1.59. The lowest BCUT2D eigenvalue weighted by atomic mass is 9.96. The van der Waals surface area contributed by atoms with Gasteiger partial charge in [0, 0.05) is 11.5 Å². The number of carbonyl (C=O) groups is 1. The Hall–Kier alpha value is -2.37. The number of methoxy groups -OCH3 is 1. The van der Waals surface area contributed by atoms with Crippen molar-refractivity contribution in [1.29, 1.82) is 0 Å². The second-order valence-corrected chi connectivity index (χ2v) is 4.60. The molecule has 6 heteroatoms. The normalized spacial score (nSPS) is 13.8. The molecule has 6 nitrogen and oxygen atoms in total. The maximum Gasteiger partial charge on any atom is 0.307 e. The molecule has 20 heavy (non-hydrogen) atoms. The van der Waals surface area contributed by atoms with Gasteiger partial charge in [0.15, 0.2) is 0 Å². The van der Waals surface area contributed by atoms with Crippen LogP contribution in [0.4, 0.5) is 0 Å². The molecule has 0 spiro atoms. The third kappa shape index (κ3) is 2.79. The van der Waals surface area contributed by atoms with Gasteiger partial charge in [-0.2, -0.15) is 4.98 Å². The molecule has 0 radical (unpaired) electrons. The zero-order valence-corrected chi connectivity index (χ0v) is 11.5. The van der Waals surface area contributed by atoms with Crippen LogP contribution in [0.2, 0.25) is 0 Å². The van der Waals surface area contributed by atoms with Crippen molar-refractivity contribution in [2.75, 3.05) is 7.11 Å². The average molecular weight is 276 g/mol.